The summed E-state index contributed by atoms with van der Waals surface area (Å²) in [6, 6.07) is 8.64. The van der Waals surface area contributed by atoms with Gasteiger partial charge in [-0.3, -0.25) is 0 Å². The molecule has 21 heavy (non-hydrogen) atoms. The first-order chi connectivity index (χ1) is 9.96. The fraction of sp³-hybridized carbons (Fsp3) is 0.625. The molecule has 114 valence electrons. The lowest BCUT2D eigenvalue weighted by atomic mass is 9.87. The van der Waals surface area contributed by atoms with Crippen LogP contribution in [0.2, 0.25) is 0 Å². The number of hydrogen-bond donors (Lipinski definition) is 0. The lowest BCUT2D eigenvalue weighted by molar-refractivity contribution is 0.322. The van der Waals surface area contributed by atoms with E-state index in [9.17, 15) is 8.42 Å². The van der Waals surface area contributed by atoms with Gasteiger partial charge in [-0.1, -0.05) is 24.3 Å². The average molecular weight is 306 g/mol. The van der Waals surface area contributed by atoms with Crippen molar-refractivity contribution in [3.63, 3.8) is 0 Å². The van der Waals surface area contributed by atoms with Crippen LogP contribution in [0.15, 0.2) is 24.3 Å². The van der Waals surface area contributed by atoms with Crippen LogP contribution in [-0.2, 0) is 23.1 Å². The highest BCUT2D eigenvalue weighted by Gasteiger charge is 2.69. The standard InChI is InChI=1S/C16H22N2O2S/c1-17(2)21(19,20)18-11-16(18)14-7-8-15(16)10-13-6-4-3-5-12(13)9-14/h3-6,14-15H,7-11H2,1-2H3/t14-,15+,16?,18?. The molecule has 1 saturated heterocycles. The molecule has 1 aliphatic heterocycles. The van der Waals surface area contributed by atoms with E-state index in [0.29, 0.717) is 11.8 Å². The second-order valence-electron chi connectivity index (χ2n) is 6.94. The van der Waals surface area contributed by atoms with E-state index in [2.05, 4.69) is 24.3 Å². The molecule has 0 amide bonds. The maximum absolute atomic E-state index is 12.5. The largest absolute Gasteiger partial charge is 0.282 e. The molecule has 0 aromatic heterocycles. The number of nitrogens with zero attached hydrogens (tertiary/aromatic N) is 2. The molecule has 2 fully saturated rings. The van der Waals surface area contributed by atoms with E-state index in [-0.39, 0.29) is 5.54 Å². The van der Waals surface area contributed by atoms with Gasteiger partial charge in [0.25, 0.3) is 10.2 Å². The molecule has 2 bridgehead atoms. The molecule has 2 unspecified atom stereocenters. The van der Waals surface area contributed by atoms with E-state index < -0.39 is 10.2 Å². The molecule has 5 heteroatoms. The van der Waals surface area contributed by atoms with Gasteiger partial charge < -0.3 is 0 Å². The van der Waals surface area contributed by atoms with Crippen LogP contribution in [0.4, 0.5) is 0 Å². The molecule has 4 atom stereocenters. The van der Waals surface area contributed by atoms with Gasteiger partial charge in [-0.2, -0.15) is 17.0 Å². The van der Waals surface area contributed by atoms with Crippen LogP contribution in [0.5, 0.6) is 0 Å². The highest BCUT2D eigenvalue weighted by atomic mass is 32.2. The molecule has 1 saturated carbocycles. The molecular weight excluding hydrogens is 284 g/mol. The maximum Gasteiger partial charge on any atom is 0.282 e. The molecule has 2 aliphatic carbocycles. The summed E-state index contributed by atoms with van der Waals surface area (Å²) in [7, 11) is -0.00713. The molecule has 1 aromatic rings. The van der Waals surface area contributed by atoms with Crippen LogP contribution in [0.1, 0.15) is 24.0 Å². The Bertz CT molecular complexity index is 650. The Balaban J connectivity index is 1.72. The summed E-state index contributed by atoms with van der Waals surface area (Å²) in [5, 5.41) is 0. The molecule has 4 rings (SSSR count). The molecule has 0 N–H and O–H groups in total. The van der Waals surface area contributed by atoms with Crippen LogP contribution in [0.25, 0.3) is 0 Å². The monoisotopic (exact) mass is 306 g/mol. The molecule has 4 nitrogen and oxygen atoms in total. The van der Waals surface area contributed by atoms with Crippen LogP contribution in [0.3, 0.4) is 0 Å². The van der Waals surface area contributed by atoms with Crippen molar-refractivity contribution in [2.75, 3.05) is 20.6 Å². The van der Waals surface area contributed by atoms with Crippen molar-refractivity contribution in [3.05, 3.63) is 35.4 Å². The highest BCUT2D eigenvalue weighted by molar-refractivity contribution is 7.87. The van der Waals surface area contributed by atoms with Crippen molar-refractivity contribution in [1.29, 1.82) is 0 Å². The molecule has 1 spiro atoms. The van der Waals surface area contributed by atoms with Gasteiger partial charge in [-0.15, -0.1) is 0 Å². The van der Waals surface area contributed by atoms with Gasteiger partial charge in [0.1, 0.15) is 0 Å². The van der Waals surface area contributed by atoms with E-state index in [1.165, 1.54) is 28.3 Å². The van der Waals surface area contributed by atoms with Crippen molar-refractivity contribution in [3.8, 4) is 0 Å². The summed E-state index contributed by atoms with van der Waals surface area (Å²) in [4.78, 5) is 0. The quantitative estimate of drug-likeness (QED) is 0.780. The second-order valence-corrected chi connectivity index (χ2v) is 9.00. The van der Waals surface area contributed by atoms with Crippen LogP contribution >= 0.6 is 0 Å². The third-order valence-electron chi connectivity index (χ3n) is 5.83. The zero-order valence-corrected chi connectivity index (χ0v) is 13.4. The molecule has 0 radical (unpaired) electrons. The van der Waals surface area contributed by atoms with Crippen molar-refractivity contribution in [2.45, 2.75) is 31.2 Å². The first-order valence-electron chi connectivity index (χ1n) is 7.73. The summed E-state index contributed by atoms with van der Waals surface area (Å²) in [5.74, 6) is 0.974. The fourth-order valence-electron chi connectivity index (χ4n) is 4.63. The van der Waals surface area contributed by atoms with Gasteiger partial charge in [-0.05, 0) is 48.6 Å². The molecule has 3 aliphatic rings. The minimum atomic E-state index is -3.27. The summed E-state index contributed by atoms with van der Waals surface area (Å²) < 4.78 is 28.2. The lowest BCUT2D eigenvalue weighted by Gasteiger charge is -2.24. The van der Waals surface area contributed by atoms with Crippen molar-refractivity contribution in [2.24, 2.45) is 11.8 Å². The van der Waals surface area contributed by atoms with Crippen molar-refractivity contribution < 1.29 is 8.42 Å². The smallest absolute Gasteiger partial charge is 0.195 e. The van der Waals surface area contributed by atoms with Gasteiger partial charge >= 0.3 is 0 Å². The van der Waals surface area contributed by atoms with E-state index in [4.69, 9.17) is 0 Å². The third-order valence-corrected chi connectivity index (χ3v) is 7.78. The van der Waals surface area contributed by atoms with Crippen molar-refractivity contribution in [1.82, 2.24) is 8.61 Å². The molecular formula is C16H22N2O2S. The second kappa shape index (κ2) is 4.31. The first kappa shape index (κ1) is 13.7. The highest BCUT2D eigenvalue weighted by Crippen LogP contribution is 2.59. The van der Waals surface area contributed by atoms with E-state index >= 15 is 0 Å². The molecule has 1 aromatic carbocycles. The van der Waals surface area contributed by atoms with Gasteiger partial charge in [0, 0.05) is 20.6 Å². The minimum Gasteiger partial charge on any atom is -0.195 e. The summed E-state index contributed by atoms with van der Waals surface area (Å²) in [5.41, 5.74) is 2.76. The normalized spacial score (nSPS) is 37.6. The fourth-order valence-corrected chi connectivity index (χ4v) is 6.13. The summed E-state index contributed by atoms with van der Waals surface area (Å²) >= 11 is 0. The minimum absolute atomic E-state index is 0.0951. The van der Waals surface area contributed by atoms with E-state index in [1.807, 2.05) is 0 Å². The van der Waals surface area contributed by atoms with Crippen LogP contribution < -0.4 is 0 Å². The summed E-state index contributed by atoms with van der Waals surface area (Å²) in [6.45, 7) is 0.719. The average Bonchev–Trinajstić information content (AvgIpc) is 3.11. The van der Waals surface area contributed by atoms with E-state index in [0.717, 1.165) is 19.4 Å². The number of benzene rings is 1. The number of hydrogen-bond acceptors (Lipinski definition) is 2. The van der Waals surface area contributed by atoms with Crippen LogP contribution in [0, 0.1) is 11.8 Å². The topological polar surface area (TPSA) is 40.4 Å². The lowest BCUT2D eigenvalue weighted by Crippen LogP contribution is -2.38. The van der Waals surface area contributed by atoms with Gasteiger partial charge in [-0.25, -0.2) is 0 Å². The molecule has 1 heterocycles. The Morgan fingerprint density at radius 3 is 2.10 bits per heavy atom. The Morgan fingerprint density at radius 1 is 1.10 bits per heavy atom. The predicted octanol–water partition coefficient (Wildman–Crippen LogP) is 1.67. The van der Waals surface area contributed by atoms with Gasteiger partial charge in [0.05, 0.1) is 5.54 Å². The maximum atomic E-state index is 12.5. The van der Waals surface area contributed by atoms with Crippen LogP contribution in [-0.4, -0.2) is 43.2 Å². The SMILES string of the molecule is CN(C)S(=O)(=O)N1CC12[C@@H]1CC[C@H]2Cc2ccccc2C1. The summed E-state index contributed by atoms with van der Waals surface area (Å²) in [6.07, 6.45) is 4.40. The zero-order chi connectivity index (χ0) is 14.8. The van der Waals surface area contributed by atoms with Crippen molar-refractivity contribution >= 4 is 10.2 Å². The van der Waals surface area contributed by atoms with Gasteiger partial charge in [0.15, 0.2) is 0 Å². The Labute approximate surface area is 126 Å². The van der Waals surface area contributed by atoms with Gasteiger partial charge in [0.2, 0.25) is 0 Å². The first-order valence-corrected chi connectivity index (χ1v) is 9.13. The number of fused-ring (bicyclic) bond motifs is 1. The Morgan fingerprint density at radius 2 is 1.62 bits per heavy atom. The Kier molecular flexibility index (Phi) is 2.82. The Hall–Kier alpha value is -0.910. The zero-order valence-electron chi connectivity index (χ0n) is 12.6. The third kappa shape index (κ3) is 1.77. The number of rotatable bonds is 2. The van der Waals surface area contributed by atoms with E-state index in [1.54, 1.807) is 18.4 Å². The predicted molar refractivity (Wildman–Crippen MR) is 82.1 cm³/mol.